The van der Waals surface area contributed by atoms with Crippen molar-refractivity contribution in [1.82, 2.24) is 69.4 Å². The first kappa shape index (κ1) is 104. The van der Waals surface area contributed by atoms with Crippen molar-refractivity contribution in [3.05, 3.63) is 300 Å². The van der Waals surface area contributed by atoms with Gasteiger partial charge in [0.15, 0.2) is 0 Å². The maximum atomic E-state index is 11.6. The molecule has 0 aliphatic carbocycles. The zero-order chi connectivity index (χ0) is 103. The van der Waals surface area contributed by atoms with Gasteiger partial charge in [0.05, 0.1) is 0 Å². The summed E-state index contributed by atoms with van der Waals surface area (Å²) in [5, 5.41) is 37.1. The number of rotatable bonds is 28. The summed E-state index contributed by atoms with van der Waals surface area (Å²) in [6, 6.07) is 50.7. The molecule has 3 fully saturated rings. The largest absolute Gasteiger partial charge is 0.368 e. The van der Waals surface area contributed by atoms with Gasteiger partial charge in [0.2, 0.25) is 71.1 Å². The third kappa shape index (κ3) is 29.4. The molecule has 0 atom stereocenters. The topological polar surface area (TPSA) is 426 Å². The molecule has 8 amide bonds. The van der Waals surface area contributed by atoms with E-state index in [1.165, 1.54) is 41.0 Å². The highest BCUT2D eigenvalue weighted by Crippen LogP contribution is 2.37. The van der Waals surface area contributed by atoms with Gasteiger partial charge in [-0.1, -0.05) is 87.0 Å². The molecule has 0 radical (unpaired) electrons. The molecule has 3 saturated heterocycles. The van der Waals surface area contributed by atoms with Crippen molar-refractivity contribution in [2.24, 2.45) is 0 Å². The molecule has 12 aromatic rings. The summed E-state index contributed by atoms with van der Waals surface area (Å²) in [4.78, 5) is 148. The predicted molar refractivity (Wildman–Crippen MR) is 572 cm³/mol. The number of nitrogens with one attached hydrogen (secondary N) is 12. The molecular weight excluding hydrogens is 1820 g/mol. The minimum atomic E-state index is -0.330. The molecule has 4 aliphatic heterocycles. The van der Waals surface area contributed by atoms with E-state index in [1.807, 2.05) is 122 Å². The Morgan fingerprint density at radius 1 is 0.312 bits per heavy atom. The molecule has 10 heterocycles. The molecule has 35 nitrogen and oxygen atoms in total. The van der Waals surface area contributed by atoms with Gasteiger partial charge < -0.3 is 88.3 Å². The maximum Gasteiger partial charge on any atom is 0.248 e. The molecule has 4 aliphatic rings. The third-order valence-electron chi connectivity index (χ3n) is 24.8. The zero-order valence-electron chi connectivity index (χ0n) is 83.3. The van der Waals surface area contributed by atoms with E-state index in [9.17, 15) is 38.4 Å². The van der Waals surface area contributed by atoms with Crippen LogP contribution in [0.5, 0.6) is 0 Å². The molecule has 0 spiro atoms. The van der Waals surface area contributed by atoms with Crippen LogP contribution in [-0.4, -0.2) is 182 Å². The van der Waals surface area contributed by atoms with Crippen LogP contribution in [0.15, 0.2) is 239 Å². The molecule has 144 heavy (non-hydrogen) atoms. The van der Waals surface area contributed by atoms with Gasteiger partial charge in [-0.3, -0.25) is 38.4 Å². The number of likely N-dealkylation sites (tertiary alicyclic amines) is 2. The first-order valence-electron chi connectivity index (χ1n) is 47.6. The summed E-state index contributed by atoms with van der Waals surface area (Å²) in [7, 11) is 0. The lowest BCUT2D eigenvalue weighted by atomic mass is 9.88. The van der Waals surface area contributed by atoms with Crippen LogP contribution in [0.4, 0.5) is 122 Å². The number of anilines is 21. The predicted octanol–water partition coefficient (Wildman–Crippen LogP) is 19.4. The summed E-state index contributed by atoms with van der Waals surface area (Å²) in [5.74, 6) is 6.61. The summed E-state index contributed by atoms with van der Waals surface area (Å²) in [5.41, 5.74) is 20.6. The number of pyridine rings is 2. The molecule has 12 N–H and O–H groups in total. The molecular formula is C109H123N27O8. The first-order valence-corrected chi connectivity index (χ1v) is 47.6. The highest BCUT2D eigenvalue weighted by atomic mass is 16.2. The lowest BCUT2D eigenvalue weighted by Crippen LogP contribution is -2.48. The Bertz CT molecular complexity index is 6330. The van der Waals surface area contributed by atoms with E-state index in [0.29, 0.717) is 100 Å². The molecule has 0 bridgehead atoms. The van der Waals surface area contributed by atoms with Gasteiger partial charge in [0, 0.05) is 191 Å². The minimum absolute atomic E-state index is 0.111. The zero-order valence-corrected chi connectivity index (χ0v) is 83.3. The van der Waals surface area contributed by atoms with Gasteiger partial charge in [0.1, 0.15) is 46.5 Å². The quantitative estimate of drug-likeness (QED) is 0.0203. The second kappa shape index (κ2) is 49.4. The Balaban J connectivity index is 0.000000161. The number of amides is 8. The van der Waals surface area contributed by atoms with Crippen LogP contribution >= 0.6 is 0 Å². The third-order valence-corrected chi connectivity index (χ3v) is 24.8. The number of carbonyl (C=O) groups is 8. The lowest BCUT2D eigenvalue weighted by molar-refractivity contribution is -0.130. The average Bonchev–Trinajstić information content (AvgIpc) is 0.826. The van der Waals surface area contributed by atoms with E-state index in [0.717, 1.165) is 181 Å². The number of hydrogen-bond donors (Lipinski definition) is 12. The van der Waals surface area contributed by atoms with Crippen molar-refractivity contribution in [2.75, 3.05) is 134 Å². The van der Waals surface area contributed by atoms with Gasteiger partial charge >= 0.3 is 0 Å². The monoisotopic (exact) mass is 1940 g/mol. The normalized spacial score (nSPS) is 13.4. The van der Waals surface area contributed by atoms with Gasteiger partial charge in [-0.05, 0) is 271 Å². The lowest BCUT2D eigenvalue weighted by Gasteiger charge is -2.35. The molecule has 742 valence electrons. The number of carbonyl (C=O) groups excluding carboxylic acids is 8. The number of piperazine rings is 1. The standard InChI is InChI=1S/C28H32N6O2.C28H30N6O2.C27H31N7O2.C26H30N8O2/c2*1-5-26(36)30-23-7-6-8-24(16-23)31-27-19(3)17-29-28(33-27)32-25-10-9-22(15-18(25)2)21-11-13-34(14-12-21)20(4)35;1-5-25(36)31-23-7-6-8-24(30-23)32-26-18(3)16-28-27(33-26)29-22-10-9-21(15-17(22)2)20-11-13-34(14-12-20)19(4)35;1-5-24(36)30-22-7-6-8-23(29-22)31-25-18(3)16-27-26(32-25)28-21-10-9-20(15-17(21)2)34-13-11-33(12-14-34)19(4)35/h5-10,15-17,21H,1,11-14H2,2-4H3,(H,30,36)(H2,29,31,32,33);5-11,15-17H,1,12-14H2,2-4H3,(H,30,36)(H2,29,31,32,33);5-10,15-16,20H,1,11-14H2,2-4H3,(H3,28,29,30,31,32,33,36);5-10,15-16H,1,11-14H2,2-4H3,(H3,27,28,29,30,31,32,36). The smallest absolute Gasteiger partial charge is 0.248 e. The Hall–Kier alpha value is -17.4. The fourth-order valence-electron chi connectivity index (χ4n) is 16.5. The summed E-state index contributed by atoms with van der Waals surface area (Å²) >= 11 is 0. The summed E-state index contributed by atoms with van der Waals surface area (Å²) in [6.07, 6.45) is 18.8. The van der Waals surface area contributed by atoms with Crippen LogP contribution < -0.4 is 68.7 Å². The fraction of sp³-hybridized carbons (Fsp3) is 0.266. The summed E-state index contributed by atoms with van der Waals surface area (Å²) in [6.45, 7) is 44.0. The van der Waals surface area contributed by atoms with Crippen molar-refractivity contribution < 1.29 is 38.4 Å². The van der Waals surface area contributed by atoms with E-state index in [2.05, 4.69) is 225 Å². The highest BCUT2D eigenvalue weighted by Gasteiger charge is 2.27. The SMILES string of the molecule is C=CC(=O)Nc1cccc(Nc2nc(Nc3ccc(C4=CCN(C(C)=O)CC4)cc3C)ncc2C)c1.C=CC(=O)Nc1cccc(Nc2nc(Nc3ccc(C4CCN(C(C)=O)CC4)cc3C)ncc2C)c1.C=CC(=O)Nc1cccc(Nc2nc(Nc3ccc(C4CCN(C(C)=O)CC4)cc3C)ncc2C)n1.C=CC(=O)Nc1cccc(Nc2nc(Nc3ccc(N4CCN(C(C)=O)CC4)cc3C)ncc2C)n1. The molecule has 0 unspecified atom stereocenters. The van der Waals surface area contributed by atoms with Crippen LogP contribution in [0.2, 0.25) is 0 Å². The van der Waals surface area contributed by atoms with E-state index < -0.39 is 0 Å². The van der Waals surface area contributed by atoms with E-state index in [-0.39, 0.29) is 47.3 Å². The molecule has 6 aromatic carbocycles. The van der Waals surface area contributed by atoms with Crippen LogP contribution in [0, 0.1) is 55.4 Å². The van der Waals surface area contributed by atoms with Crippen molar-refractivity contribution in [1.29, 1.82) is 0 Å². The number of benzene rings is 6. The number of aryl methyl sites for hydroxylation is 8. The number of piperidine rings is 2. The first-order chi connectivity index (χ1) is 69.3. The van der Waals surface area contributed by atoms with Gasteiger partial charge in [-0.15, -0.1) is 0 Å². The number of nitrogens with zero attached hydrogens (tertiary/aromatic N) is 15. The number of aromatic nitrogens is 10. The summed E-state index contributed by atoms with van der Waals surface area (Å²) < 4.78 is 0. The molecule has 0 saturated carbocycles. The highest BCUT2D eigenvalue weighted by molar-refractivity contribution is 6.01. The van der Waals surface area contributed by atoms with Gasteiger partial charge in [-0.25, -0.2) is 29.9 Å². The van der Waals surface area contributed by atoms with E-state index in [1.54, 1.807) is 88.9 Å². The van der Waals surface area contributed by atoms with Gasteiger partial charge in [-0.2, -0.15) is 19.9 Å². The van der Waals surface area contributed by atoms with Gasteiger partial charge in [0.25, 0.3) is 0 Å². The molecule has 35 heteroatoms. The number of hydrogen-bond acceptors (Lipinski definition) is 27. The van der Waals surface area contributed by atoms with Crippen LogP contribution in [0.3, 0.4) is 0 Å². The van der Waals surface area contributed by atoms with Crippen molar-refractivity contribution >= 4 is 174 Å². The van der Waals surface area contributed by atoms with Crippen molar-refractivity contribution in [2.45, 2.75) is 127 Å². The Morgan fingerprint density at radius 3 is 1.00 bits per heavy atom. The maximum absolute atomic E-state index is 11.6. The van der Waals surface area contributed by atoms with E-state index >= 15 is 0 Å². The van der Waals surface area contributed by atoms with E-state index in [4.69, 9.17) is 0 Å². The Kier molecular flexibility index (Phi) is 35.7. The Labute approximate surface area is 839 Å². The van der Waals surface area contributed by atoms with Crippen LogP contribution in [0.1, 0.15) is 133 Å². The Morgan fingerprint density at radius 2 is 0.646 bits per heavy atom. The van der Waals surface area contributed by atoms with Crippen LogP contribution in [0.25, 0.3) is 5.57 Å². The van der Waals surface area contributed by atoms with Crippen molar-refractivity contribution in [3.63, 3.8) is 0 Å². The minimum Gasteiger partial charge on any atom is -0.368 e. The molecule has 16 rings (SSSR count). The fourth-order valence-corrected chi connectivity index (χ4v) is 16.5. The average molecular weight is 1940 g/mol. The second-order valence-corrected chi connectivity index (χ2v) is 35.3. The van der Waals surface area contributed by atoms with Crippen LogP contribution in [-0.2, 0) is 38.4 Å². The molecule has 6 aromatic heterocycles. The van der Waals surface area contributed by atoms with Crippen molar-refractivity contribution in [3.8, 4) is 0 Å². The second-order valence-electron chi connectivity index (χ2n) is 35.3.